The smallest absolute Gasteiger partial charge is 0.189 e. The standard InChI is InChI=1S/C17H16O3/c1-11-3-4-13(9-12(11)2)5-8-16(19)15-7-6-14(18)10-17(15)20/h3-10,18,20H,1-2H3/b8-5+. The number of benzene rings is 2. The number of hydrogen-bond acceptors (Lipinski definition) is 3. The van der Waals surface area contributed by atoms with E-state index in [9.17, 15) is 15.0 Å². The fourth-order valence-electron chi connectivity index (χ4n) is 1.86. The summed E-state index contributed by atoms with van der Waals surface area (Å²) in [5, 5.41) is 18.8. The average molecular weight is 268 g/mol. The molecule has 0 aliphatic rings. The van der Waals surface area contributed by atoms with Crippen molar-refractivity contribution in [1.29, 1.82) is 0 Å². The molecular weight excluding hydrogens is 252 g/mol. The van der Waals surface area contributed by atoms with Crippen LogP contribution in [0.15, 0.2) is 42.5 Å². The van der Waals surface area contributed by atoms with Crippen molar-refractivity contribution in [3.05, 3.63) is 64.7 Å². The highest BCUT2D eigenvalue weighted by atomic mass is 16.3. The maximum Gasteiger partial charge on any atom is 0.189 e. The van der Waals surface area contributed by atoms with Gasteiger partial charge in [-0.05, 0) is 48.7 Å². The third-order valence-electron chi connectivity index (χ3n) is 3.20. The van der Waals surface area contributed by atoms with Crippen LogP contribution in [-0.4, -0.2) is 16.0 Å². The van der Waals surface area contributed by atoms with Crippen LogP contribution in [0, 0.1) is 13.8 Å². The maximum absolute atomic E-state index is 12.0. The van der Waals surface area contributed by atoms with Gasteiger partial charge in [-0.25, -0.2) is 0 Å². The summed E-state index contributed by atoms with van der Waals surface area (Å²) in [6, 6.07) is 9.85. The van der Waals surface area contributed by atoms with Crippen LogP contribution in [0.1, 0.15) is 27.0 Å². The lowest BCUT2D eigenvalue weighted by Gasteiger charge is -2.02. The summed E-state index contributed by atoms with van der Waals surface area (Å²) in [7, 11) is 0. The first kappa shape index (κ1) is 13.9. The fourth-order valence-corrected chi connectivity index (χ4v) is 1.86. The molecule has 2 rings (SSSR count). The molecule has 0 aromatic heterocycles. The van der Waals surface area contributed by atoms with Crippen LogP contribution >= 0.6 is 0 Å². The van der Waals surface area contributed by atoms with Crippen molar-refractivity contribution in [2.24, 2.45) is 0 Å². The molecule has 20 heavy (non-hydrogen) atoms. The lowest BCUT2D eigenvalue weighted by molar-refractivity contribution is 0.104. The minimum absolute atomic E-state index is 0.0720. The molecule has 3 heteroatoms. The third-order valence-corrected chi connectivity index (χ3v) is 3.20. The number of ketones is 1. The van der Waals surface area contributed by atoms with Crippen LogP contribution in [0.5, 0.6) is 11.5 Å². The Kier molecular flexibility index (Phi) is 3.89. The lowest BCUT2D eigenvalue weighted by atomic mass is 10.0. The van der Waals surface area contributed by atoms with Gasteiger partial charge < -0.3 is 10.2 Å². The van der Waals surface area contributed by atoms with E-state index in [1.165, 1.54) is 23.8 Å². The van der Waals surface area contributed by atoms with Gasteiger partial charge in [0.25, 0.3) is 0 Å². The van der Waals surface area contributed by atoms with Crippen molar-refractivity contribution in [3.8, 4) is 11.5 Å². The summed E-state index contributed by atoms with van der Waals surface area (Å²) in [4.78, 5) is 12.0. The van der Waals surface area contributed by atoms with E-state index >= 15 is 0 Å². The monoisotopic (exact) mass is 268 g/mol. The highest BCUT2D eigenvalue weighted by Crippen LogP contribution is 2.23. The van der Waals surface area contributed by atoms with Crippen molar-refractivity contribution in [2.75, 3.05) is 0 Å². The van der Waals surface area contributed by atoms with E-state index in [2.05, 4.69) is 0 Å². The molecule has 0 radical (unpaired) electrons. The average Bonchev–Trinajstić information content (AvgIpc) is 2.40. The van der Waals surface area contributed by atoms with E-state index in [0.29, 0.717) is 0 Å². The highest BCUT2D eigenvalue weighted by Gasteiger charge is 2.08. The number of aromatic hydroxyl groups is 2. The third kappa shape index (κ3) is 3.06. The zero-order valence-corrected chi connectivity index (χ0v) is 11.4. The predicted molar refractivity (Wildman–Crippen MR) is 79.1 cm³/mol. The molecule has 0 unspecified atom stereocenters. The summed E-state index contributed by atoms with van der Waals surface area (Å²) < 4.78 is 0. The van der Waals surface area contributed by atoms with Crippen molar-refractivity contribution in [2.45, 2.75) is 13.8 Å². The van der Waals surface area contributed by atoms with Gasteiger partial charge in [0.1, 0.15) is 11.5 Å². The van der Waals surface area contributed by atoms with Crippen LogP contribution in [0.2, 0.25) is 0 Å². The predicted octanol–water partition coefficient (Wildman–Crippen LogP) is 3.61. The Balaban J connectivity index is 2.22. The van der Waals surface area contributed by atoms with Crippen molar-refractivity contribution >= 4 is 11.9 Å². The number of carbonyl (C=O) groups is 1. The van der Waals surface area contributed by atoms with Crippen LogP contribution in [0.3, 0.4) is 0 Å². The Morgan fingerprint density at radius 1 is 1.00 bits per heavy atom. The summed E-state index contributed by atoms with van der Waals surface area (Å²) in [6.45, 7) is 4.04. The molecule has 0 aliphatic heterocycles. The van der Waals surface area contributed by atoms with Gasteiger partial charge in [0.15, 0.2) is 5.78 Å². The SMILES string of the molecule is Cc1ccc(/C=C/C(=O)c2ccc(O)cc2O)cc1C. The topological polar surface area (TPSA) is 57.5 Å². The Bertz CT molecular complexity index is 685. The van der Waals surface area contributed by atoms with Crippen LogP contribution in [-0.2, 0) is 0 Å². The molecule has 0 atom stereocenters. The molecule has 0 bridgehead atoms. The Morgan fingerprint density at radius 3 is 2.40 bits per heavy atom. The van der Waals surface area contributed by atoms with Gasteiger partial charge in [0.2, 0.25) is 0 Å². The normalized spacial score (nSPS) is 10.9. The zero-order chi connectivity index (χ0) is 14.7. The van der Waals surface area contributed by atoms with E-state index in [0.717, 1.165) is 17.2 Å². The first-order valence-corrected chi connectivity index (χ1v) is 6.29. The number of allylic oxidation sites excluding steroid dienone is 1. The van der Waals surface area contributed by atoms with E-state index in [4.69, 9.17) is 0 Å². The highest BCUT2D eigenvalue weighted by molar-refractivity contribution is 6.08. The maximum atomic E-state index is 12.0. The first-order valence-electron chi connectivity index (χ1n) is 6.29. The second-order valence-corrected chi connectivity index (χ2v) is 4.74. The molecule has 0 saturated heterocycles. The molecule has 0 aliphatic carbocycles. The summed E-state index contributed by atoms with van der Waals surface area (Å²) in [5.74, 6) is -0.599. The summed E-state index contributed by atoms with van der Waals surface area (Å²) in [5.41, 5.74) is 3.46. The Hall–Kier alpha value is -2.55. The molecule has 2 aromatic carbocycles. The molecule has 2 N–H and O–H groups in total. The van der Waals surface area contributed by atoms with E-state index in [1.807, 2.05) is 32.0 Å². The molecule has 102 valence electrons. The fraction of sp³-hybridized carbons (Fsp3) is 0.118. The van der Waals surface area contributed by atoms with Crippen LogP contribution < -0.4 is 0 Å². The Morgan fingerprint density at radius 2 is 1.75 bits per heavy atom. The van der Waals surface area contributed by atoms with Gasteiger partial charge in [-0.2, -0.15) is 0 Å². The lowest BCUT2D eigenvalue weighted by Crippen LogP contribution is -1.94. The quantitative estimate of drug-likeness (QED) is 0.660. The minimum Gasteiger partial charge on any atom is -0.508 e. The molecule has 0 heterocycles. The van der Waals surface area contributed by atoms with Gasteiger partial charge in [0.05, 0.1) is 5.56 Å². The second kappa shape index (κ2) is 5.61. The molecule has 0 spiro atoms. The van der Waals surface area contributed by atoms with Crippen molar-refractivity contribution in [1.82, 2.24) is 0 Å². The van der Waals surface area contributed by atoms with E-state index < -0.39 is 0 Å². The molecule has 0 amide bonds. The number of phenols is 2. The summed E-state index contributed by atoms with van der Waals surface area (Å²) >= 11 is 0. The zero-order valence-electron chi connectivity index (χ0n) is 11.4. The van der Waals surface area contributed by atoms with Gasteiger partial charge >= 0.3 is 0 Å². The van der Waals surface area contributed by atoms with Crippen molar-refractivity contribution in [3.63, 3.8) is 0 Å². The Labute approximate surface area is 117 Å². The number of phenolic OH excluding ortho intramolecular Hbond substituents is 2. The van der Waals surface area contributed by atoms with Gasteiger partial charge in [-0.15, -0.1) is 0 Å². The first-order chi connectivity index (χ1) is 9.47. The number of rotatable bonds is 3. The van der Waals surface area contributed by atoms with E-state index in [-0.39, 0.29) is 22.8 Å². The van der Waals surface area contributed by atoms with Crippen molar-refractivity contribution < 1.29 is 15.0 Å². The number of aryl methyl sites for hydroxylation is 2. The molecule has 2 aromatic rings. The molecular formula is C17H16O3. The molecule has 0 saturated carbocycles. The second-order valence-electron chi connectivity index (χ2n) is 4.74. The van der Waals surface area contributed by atoms with Gasteiger partial charge in [0, 0.05) is 6.07 Å². The number of hydrogen-bond donors (Lipinski definition) is 2. The number of carbonyl (C=O) groups excluding carboxylic acids is 1. The summed E-state index contributed by atoms with van der Waals surface area (Å²) in [6.07, 6.45) is 3.12. The van der Waals surface area contributed by atoms with E-state index in [1.54, 1.807) is 6.08 Å². The molecule has 0 fully saturated rings. The van der Waals surface area contributed by atoms with Gasteiger partial charge in [-0.1, -0.05) is 24.3 Å². The molecule has 3 nitrogen and oxygen atoms in total. The minimum atomic E-state index is -0.305. The van der Waals surface area contributed by atoms with Gasteiger partial charge in [-0.3, -0.25) is 4.79 Å². The largest absolute Gasteiger partial charge is 0.508 e. The van der Waals surface area contributed by atoms with Crippen LogP contribution in [0.25, 0.3) is 6.08 Å². The van der Waals surface area contributed by atoms with Crippen LogP contribution in [0.4, 0.5) is 0 Å².